The first-order valence-corrected chi connectivity index (χ1v) is 4.19. The summed E-state index contributed by atoms with van der Waals surface area (Å²) in [6.45, 7) is 0. The summed E-state index contributed by atoms with van der Waals surface area (Å²) in [6.07, 6.45) is -4.33. The third-order valence-corrected chi connectivity index (χ3v) is 1.90. The molecule has 1 aromatic heterocycles. The van der Waals surface area contributed by atoms with E-state index in [1.165, 1.54) is 0 Å². The number of carboxylic acids is 1. The number of carbonyl (C=O) groups is 1. The zero-order valence-corrected chi connectivity index (χ0v) is 7.83. The second-order valence-electron chi connectivity index (χ2n) is 3.13. The molecule has 88 valence electrons. The number of alkyl halides is 3. The van der Waals surface area contributed by atoms with Gasteiger partial charge in [0.05, 0.1) is 18.5 Å². The summed E-state index contributed by atoms with van der Waals surface area (Å²) < 4.78 is 50.1. The minimum absolute atomic E-state index is 0.491. The van der Waals surface area contributed by atoms with E-state index in [4.69, 9.17) is 5.11 Å². The van der Waals surface area contributed by atoms with Gasteiger partial charge in [-0.25, -0.2) is 4.39 Å². The molecule has 0 aliphatic carbocycles. The fraction of sp³-hybridized carbons (Fsp3) is 0.333. The first-order chi connectivity index (χ1) is 7.30. The molecule has 1 atom stereocenters. The zero-order valence-electron chi connectivity index (χ0n) is 7.83. The van der Waals surface area contributed by atoms with E-state index >= 15 is 0 Å². The molecule has 0 aromatic carbocycles. The zero-order chi connectivity index (χ0) is 12.3. The Morgan fingerprint density at radius 3 is 2.50 bits per heavy atom. The Morgan fingerprint density at radius 2 is 2.06 bits per heavy atom. The fourth-order valence-corrected chi connectivity index (χ4v) is 1.22. The molecule has 1 aromatic rings. The third-order valence-electron chi connectivity index (χ3n) is 1.90. The van der Waals surface area contributed by atoms with Gasteiger partial charge in [-0.15, -0.1) is 0 Å². The second kappa shape index (κ2) is 4.46. The molecule has 0 radical (unpaired) electrons. The number of hydrogen-bond donors (Lipinski definition) is 1. The Balaban J connectivity index is 3.06. The number of aliphatic carboxylic acids is 1. The monoisotopic (exact) mass is 237 g/mol. The second-order valence-corrected chi connectivity index (χ2v) is 3.13. The van der Waals surface area contributed by atoms with Crippen molar-refractivity contribution in [3.63, 3.8) is 0 Å². The van der Waals surface area contributed by atoms with Crippen LogP contribution in [0, 0.1) is 5.82 Å². The third kappa shape index (κ3) is 3.18. The van der Waals surface area contributed by atoms with Gasteiger partial charge in [-0.05, 0) is 11.6 Å². The average Bonchev–Trinajstić information content (AvgIpc) is 2.12. The lowest BCUT2D eigenvalue weighted by Crippen LogP contribution is -2.23. The van der Waals surface area contributed by atoms with E-state index in [1.807, 2.05) is 0 Å². The maximum Gasteiger partial charge on any atom is 0.396 e. The minimum Gasteiger partial charge on any atom is -0.481 e. The Labute approximate surface area is 87.7 Å². The standard InChI is InChI=1S/C9H7F4NO2/c10-6-1-5(3-14-4-6)7(2-8(15)16)9(11,12)13/h1,3-4,7H,2H2,(H,15,16). The average molecular weight is 237 g/mol. The Morgan fingerprint density at radius 1 is 1.44 bits per heavy atom. The van der Waals surface area contributed by atoms with E-state index in [1.54, 1.807) is 0 Å². The van der Waals surface area contributed by atoms with Crippen LogP contribution in [-0.4, -0.2) is 22.2 Å². The van der Waals surface area contributed by atoms with Crippen LogP contribution in [0.15, 0.2) is 18.5 Å². The van der Waals surface area contributed by atoms with Crippen molar-refractivity contribution in [2.45, 2.75) is 18.5 Å². The summed E-state index contributed by atoms with van der Waals surface area (Å²) in [5.41, 5.74) is -0.491. The first-order valence-electron chi connectivity index (χ1n) is 4.19. The largest absolute Gasteiger partial charge is 0.481 e. The fourth-order valence-electron chi connectivity index (χ4n) is 1.22. The predicted octanol–water partition coefficient (Wildman–Crippen LogP) is 2.34. The highest BCUT2D eigenvalue weighted by Crippen LogP contribution is 2.37. The summed E-state index contributed by atoms with van der Waals surface area (Å²) in [4.78, 5) is 13.6. The van der Waals surface area contributed by atoms with Crippen LogP contribution in [0.5, 0.6) is 0 Å². The molecule has 0 saturated carbocycles. The van der Waals surface area contributed by atoms with E-state index in [-0.39, 0.29) is 0 Å². The molecule has 0 aliphatic rings. The Bertz CT molecular complexity index is 391. The summed E-state index contributed by atoms with van der Waals surface area (Å²) >= 11 is 0. The Kier molecular flexibility index (Phi) is 3.46. The van der Waals surface area contributed by atoms with Crippen molar-refractivity contribution in [2.75, 3.05) is 0 Å². The molecular formula is C9H7F4NO2. The molecule has 7 heteroatoms. The van der Waals surface area contributed by atoms with Crippen LogP contribution < -0.4 is 0 Å². The molecule has 1 rings (SSSR count). The molecule has 1 N–H and O–H groups in total. The van der Waals surface area contributed by atoms with E-state index in [9.17, 15) is 22.4 Å². The van der Waals surface area contributed by atoms with Crippen LogP contribution in [0.4, 0.5) is 17.6 Å². The van der Waals surface area contributed by atoms with Crippen LogP contribution in [0.3, 0.4) is 0 Å². The maximum absolute atomic E-state index is 12.7. The smallest absolute Gasteiger partial charge is 0.396 e. The lowest BCUT2D eigenvalue weighted by atomic mass is 9.97. The van der Waals surface area contributed by atoms with Gasteiger partial charge in [-0.2, -0.15) is 13.2 Å². The number of carboxylic acid groups (broad SMARTS) is 1. The van der Waals surface area contributed by atoms with Gasteiger partial charge in [0.1, 0.15) is 5.82 Å². The minimum atomic E-state index is -4.74. The molecule has 0 bridgehead atoms. The van der Waals surface area contributed by atoms with E-state index in [0.717, 1.165) is 12.4 Å². The predicted molar refractivity (Wildman–Crippen MR) is 45.2 cm³/mol. The van der Waals surface area contributed by atoms with E-state index in [0.29, 0.717) is 6.07 Å². The summed E-state index contributed by atoms with van der Waals surface area (Å²) in [6, 6.07) is 0.633. The van der Waals surface area contributed by atoms with E-state index < -0.39 is 35.9 Å². The van der Waals surface area contributed by atoms with Crippen LogP contribution in [0.1, 0.15) is 17.9 Å². The van der Waals surface area contributed by atoms with Gasteiger partial charge in [0.25, 0.3) is 0 Å². The van der Waals surface area contributed by atoms with Crippen molar-refractivity contribution in [1.82, 2.24) is 4.98 Å². The molecule has 16 heavy (non-hydrogen) atoms. The van der Waals surface area contributed by atoms with Gasteiger partial charge in [0, 0.05) is 6.20 Å². The van der Waals surface area contributed by atoms with E-state index in [2.05, 4.69) is 4.98 Å². The summed E-state index contributed by atoms with van der Waals surface area (Å²) in [7, 11) is 0. The molecule has 1 unspecified atom stereocenters. The number of aromatic nitrogens is 1. The van der Waals surface area contributed by atoms with Gasteiger partial charge in [0.15, 0.2) is 0 Å². The normalized spacial score (nSPS) is 13.5. The maximum atomic E-state index is 12.7. The van der Waals surface area contributed by atoms with Crippen molar-refractivity contribution in [2.24, 2.45) is 0 Å². The first kappa shape index (κ1) is 12.4. The number of pyridine rings is 1. The molecular weight excluding hydrogens is 230 g/mol. The van der Waals surface area contributed by atoms with Crippen molar-refractivity contribution in [3.8, 4) is 0 Å². The molecule has 1 heterocycles. The topological polar surface area (TPSA) is 50.2 Å². The molecule has 0 fully saturated rings. The number of halogens is 4. The van der Waals surface area contributed by atoms with Crippen molar-refractivity contribution in [1.29, 1.82) is 0 Å². The van der Waals surface area contributed by atoms with Crippen LogP contribution in [-0.2, 0) is 4.79 Å². The van der Waals surface area contributed by atoms with Crippen molar-refractivity contribution in [3.05, 3.63) is 29.8 Å². The quantitative estimate of drug-likeness (QED) is 0.821. The molecule has 3 nitrogen and oxygen atoms in total. The highest BCUT2D eigenvalue weighted by molar-refractivity contribution is 5.68. The molecule has 0 aliphatic heterocycles. The number of nitrogens with zero attached hydrogens (tertiary/aromatic N) is 1. The van der Waals surface area contributed by atoms with Crippen LogP contribution in [0.2, 0.25) is 0 Å². The van der Waals surface area contributed by atoms with Gasteiger partial charge in [-0.1, -0.05) is 0 Å². The summed E-state index contributed by atoms with van der Waals surface area (Å²) in [5, 5.41) is 8.36. The Hall–Kier alpha value is -1.66. The lowest BCUT2D eigenvalue weighted by Gasteiger charge is -2.18. The molecule has 0 amide bonds. The summed E-state index contributed by atoms with van der Waals surface area (Å²) in [5.74, 6) is -4.78. The highest BCUT2D eigenvalue weighted by atomic mass is 19.4. The van der Waals surface area contributed by atoms with Crippen LogP contribution >= 0.6 is 0 Å². The SMILES string of the molecule is O=C(O)CC(c1cncc(F)c1)C(F)(F)F. The van der Waals surface area contributed by atoms with Gasteiger partial charge in [-0.3, -0.25) is 9.78 Å². The molecule has 0 spiro atoms. The lowest BCUT2D eigenvalue weighted by molar-refractivity contribution is -0.163. The number of hydrogen-bond acceptors (Lipinski definition) is 2. The van der Waals surface area contributed by atoms with Crippen molar-refractivity contribution >= 4 is 5.97 Å². The highest BCUT2D eigenvalue weighted by Gasteiger charge is 2.42. The molecule has 0 saturated heterocycles. The number of rotatable bonds is 3. The van der Waals surface area contributed by atoms with Gasteiger partial charge >= 0.3 is 12.1 Å². The van der Waals surface area contributed by atoms with Gasteiger partial charge < -0.3 is 5.11 Å². The van der Waals surface area contributed by atoms with Gasteiger partial charge in [0.2, 0.25) is 0 Å². The van der Waals surface area contributed by atoms with Crippen LogP contribution in [0.25, 0.3) is 0 Å². The van der Waals surface area contributed by atoms with Crippen molar-refractivity contribution < 1.29 is 27.5 Å².